The lowest BCUT2D eigenvalue weighted by Crippen LogP contribution is -2.41. The summed E-state index contributed by atoms with van der Waals surface area (Å²) >= 11 is 0. The zero-order valence-corrected chi connectivity index (χ0v) is 15.6. The lowest BCUT2D eigenvalue weighted by Gasteiger charge is -2.07. The second kappa shape index (κ2) is 10.5. The zero-order valence-electron chi connectivity index (χ0n) is 15.6. The Balaban J connectivity index is 1.77. The largest absolute Gasteiger partial charge is 0.484 e. The maximum absolute atomic E-state index is 11.8. The number of hydrogen-bond donors (Lipinski definition) is 3. The summed E-state index contributed by atoms with van der Waals surface area (Å²) in [5.74, 6) is -1.33. The van der Waals surface area contributed by atoms with Gasteiger partial charge in [0.2, 0.25) is 0 Å². The molecule has 0 fully saturated rings. The number of anilines is 1. The van der Waals surface area contributed by atoms with E-state index in [0.29, 0.717) is 17.0 Å². The van der Waals surface area contributed by atoms with E-state index in [9.17, 15) is 14.4 Å². The highest BCUT2D eigenvalue weighted by atomic mass is 16.5. The van der Waals surface area contributed by atoms with Crippen LogP contribution in [0.4, 0.5) is 5.69 Å². The minimum atomic E-state index is -0.839. The van der Waals surface area contributed by atoms with Crippen LogP contribution < -0.4 is 20.8 Å². The molecule has 0 aliphatic heterocycles. The number of ether oxygens (including phenoxy) is 1. The Morgan fingerprint density at radius 1 is 1.00 bits per heavy atom. The van der Waals surface area contributed by atoms with Crippen LogP contribution in [-0.4, -0.2) is 36.6 Å². The van der Waals surface area contributed by atoms with Crippen molar-refractivity contribution < 1.29 is 19.1 Å². The first-order valence-corrected chi connectivity index (χ1v) is 8.65. The van der Waals surface area contributed by atoms with Gasteiger partial charge in [0.1, 0.15) is 5.75 Å². The molecule has 2 aromatic rings. The van der Waals surface area contributed by atoms with Gasteiger partial charge in [0.15, 0.2) is 6.61 Å². The molecule has 3 amide bonds. The maximum Gasteiger partial charge on any atom is 0.329 e. The summed E-state index contributed by atoms with van der Waals surface area (Å²) < 4.78 is 5.43. The maximum atomic E-state index is 11.8. The molecule has 0 aromatic heterocycles. The number of carbonyl (C=O) groups excluding carboxylic acids is 3. The first-order valence-electron chi connectivity index (χ1n) is 8.65. The van der Waals surface area contributed by atoms with E-state index in [-0.39, 0.29) is 18.6 Å². The molecule has 28 heavy (non-hydrogen) atoms. The molecular formula is C20H22N4O4. The van der Waals surface area contributed by atoms with Crippen LogP contribution in [-0.2, 0) is 14.4 Å². The van der Waals surface area contributed by atoms with Crippen LogP contribution in [0.15, 0.2) is 59.7 Å². The van der Waals surface area contributed by atoms with Crippen LogP contribution in [0, 0.1) is 0 Å². The molecule has 0 unspecified atom stereocenters. The predicted molar refractivity (Wildman–Crippen MR) is 106 cm³/mol. The van der Waals surface area contributed by atoms with Crippen molar-refractivity contribution in [3.8, 4) is 5.75 Å². The Morgan fingerprint density at radius 3 is 2.32 bits per heavy atom. The highest BCUT2D eigenvalue weighted by Crippen LogP contribution is 2.11. The fraction of sp³-hybridized carbons (Fsp3) is 0.200. The molecule has 0 atom stereocenters. The van der Waals surface area contributed by atoms with Crippen LogP contribution in [0.3, 0.4) is 0 Å². The van der Waals surface area contributed by atoms with E-state index < -0.39 is 11.8 Å². The molecule has 2 rings (SSSR count). The highest BCUT2D eigenvalue weighted by molar-refractivity contribution is 6.35. The smallest absolute Gasteiger partial charge is 0.329 e. The molecule has 146 valence electrons. The van der Waals surface area contributed by atoms with Crippen molar-refractivity contribution in [1.82, 2.24) is 10.7 Å². The topological polar surface area (TPSA) is 109 Å². The van der Waals surface area contributed by atoms with Crippen LogP contribution >= 0.6 is 0 Å². The lowest BCUT2D eigenvalue weighted by molar-refractivity contribution is -0.139. The second-order valence-electron chi connectivity index (χ2n) is 6.10. The van der Waals surface area contributed by atoms with Gasteiger partial charge in [0, 0.05) is 11.7 Å². The van der Waals surface area contributed by atoms with Crippen molar-refractivity contribution in [3.63, 3.8) is 0 Å². The molecule has 0 heterocycles. The van der Waals surface area contributed by atoms with Gasteiger partial charge in [-0.2, -0.15) is 5.10 Å². The number of carbonyl (C=O) groups is 3. The van der Waals surface area contributed by atoms with Gasteiger partial charge in [0.05, 0.1) is 6.21 Å². The number of rotatable bonds is 7. The van der Waals surface area contributed by atoms with E-state index in [1.807, 2.05) is 18.2 Å². The normalized spacial score (nSPS) is 10.5. The molecule has 0 spiro atoms. The molecular weight excluding hydrogens is 360 g/mol. The lowest BCUT2D eigenvalue weighted by atomic mass is 10.2. The van der Waals surface area contributed by atoms with Crippen molar-refractivity contribution in [3.05, 3.63) is 60.2 Å². The highest BCUT2D eigenvalue weighted by Gasteiger charge is 2.12. The third kappa shape index (κ3) is 7.28. The molecule has 0 aliphatic rings. The summed E-state index contributed by atoms with van der Waals surface area (Å²) in [6.07, 6.45) is 1.40. The molecule has 0 bridgehead atoms. The number of hydrogen-bond acceptors (Lipinski definition) is 5. The minimum Gasteiger partial charge on any atom is -0.484 e. The van der Waals surface area contributed by atoms with Crippen LogP contribution in [0.1, 0.15) is 19.4 Å². The monoisotopic (exact) mass is 382 g/mol. The van der Waals surface area contributed by atoms with Gasteiger partial charge >= 0.3 is 11.8 Å². The molecule has 3 N–H and O–H groups in total. The molecule has 0 aliphatic carbocycles. The SMILES string of the molecule is CC(C)NC(=O)C(=O)N/N=C\c1ccc(OCC(=O)Nc2ccccc2)cc1. The number of para-hydroxylation sites is 1. The zero-order chi connectivity index (χ0) is 20.4. The summed E-state index contributed by atoms with van der Waals surface area (Å²) in [7, 11) is 0. The Labute approximate surface area is 163 Å². The second-order valence-corrected chi connectivity index (χ2v) is 6.10. The van der Waals surface area contributed by atoms with E-state index in [1.54, 1.807) is 50.2 Å². The standard InChI is InChI=1S/C20H22N4O4/c1-14(2)22-19(26)20(27)24-21-12-15-8-10-17(11-9-15)28-13-18(25)23-16-6-4-3-5-7-16/h3-12,14H,13H2,1-2H3,(H,22,26)(H,23,25)(H,24,27)/b21-12-. The van der Waals surface area contributed by atoms with Gasteiger partial charge in [-0.3, -0.25) is 14.4 Å². The van der Waals surface area contributed by atoms with E-state index in [0.717, 1.165) is 0 Å². The van der Waals surface area contributed by atoms with E-state index in [4.69, 9.17) is 4.74 Å². The minimum absolute atomic E-state index is 0.122. The van der Waals surface area contributed by atoms with Gasteiger partial charge in [-0.05, 0) is 55.8 Å². The Bertz CT molecular complexity index is 833. The average Bonchev–Trinajstić information content (AvgIpc) is 2.67. The van der Waals surface area contributed by atoms with Crippen molar-refractivity contribution in [1.29, 1.82) is 0 Å². The number of hydrazone groups is 1. The third-order valence-electron chi connectivity index (χ3n) is 3.31. The van der Waals surface area contributed by atoms with Crippen molar-refractivity contribution in [2.75, 3.05) is 11.9 Å². The number of amides is 3. The van der Waals surface area contributed by atoms with Gasteiger partial charge in [0.25, 0.3) is 5.91 Å². The van der Waals surface area contributed by atoms with Crippen LogP contribution in [0.2, 0.25) is 0 Å². The van der Waals surface area contributed by atoms with Crippen molar-refractivity contribution in [2.24, 2.45) is 5.10 Å². The molecule has 2 aromatic carbocycles. The fourth-order valence-corrected chi connectivity index (χ4v) is 2.06. The van der Waals surface area contributed by atoms with Gasteiger partial charge in [-0.1, -0.05) is 18.2 Å². The quantitative estimate of drug-likeness (QED) is 0.384. The van der Waals surface area contributed by atoms with E-state index >= 15 is 0 Å². The molecule has 8 heteroatoms. The molecule has 0 saturated heterocycles. The van der Waals surface area contributed by atoms with Crippen LogP contribution in [0.5, 0.6) is 5.75 Å². The summed E-state index contributed by atoms with van der Waals surface area (Å²) in [4.78, 5) is 34.8. The third-order valence-corrected chi connectivity index (χ3v) is 3.31. The first kappa shape index (κ1) is 20.6. The average molecular weight is 382 g/mol. The Hall–Kier alpha value is -3.68. The van der Waals surface area contributed by atoms with Gasteiger partial charge in [-0.15, -0.1) is 0 Å². The number of nitrogens with one attached hydrogen (secondary N) is 3. The summed E-state index contributed by atoms with van der Waals surface area (Å²) in [5, 5.41) is 8.92. The first-order chi connectivity index (χ1) is 13.4. The Morgan fingerprint density at radius 2 is 1.68 bits per heavy atom. The van der Waals surface area contributed by atoms with Gasteiger partial charge in [-0.25, -0.2) is 5.43 Å². The Kier molecular flexibility index (Phi) is 7.71. The van der Waals surface area contributed by atoms with Crippen LogP contribution in [0.25, 0.3) is 0 Å². The number of nitrogens with zero attached hydrogens (tertiary/aromatic N) is 1. The molecule has 0 radical (unpaired) electrons. The van der Waals surface area contributed by atoms with Gasteiger partial charge < -0.3 is 15.4 Å². The summed E-state index contributed by atoms with van der Waals surface area (Å²) in [6, 6.07) is 15.7. The summed E-state index contributed by atoms with van der Waals surface area (Å²) in [6.45, 7) is 3.39. The molecule has 0 saturated carbocycles. The van der Waals surface area contributed by atoms with E-state index in [1.165, 1.54) is 6.21 Å². The predicted octanol–water partition coefficient (Wildman–Crippen LogP) is 1.68. The number of benzene rings is 2. The van der Waals surface area contributed by atoms with E-state index in [2.05, 4.69) is 21.2 Å². The van der Waals surface area contributed by atoms with Crippen molar-refractivity contribution >= 4 is 29.6 Å². The molecule has 8 nitrogen and oxygen atoms in total. The van der Waals surface area contributed by atoms with Crippen molar-refractivity contribution in [2.45, 2.75) is 19.9 Å². The summed E-state index contributed by atoms with van der Waals surface area (Å²) in [5.41, 5.74) is 3.53. The fourth-order valence-electron chi connectivity index (χ4n) is 2.06.